The molecule has 4 aliphatic carbocycles. The molecule has 0 atom stereocenters. The molecule has 4 fully saturated rings. The van der Waals surface area contributed by atoms with Crippen LogP contribution in [0, 0.1) is 17.8 Å². The van der Waals surface area contributed by atoms with Gasteiger partial charge in [0.2, 0.25) is 0 Å². The van der Waals surface area contributed by atoms with Crippen molar-refractivity contribution < 1.29 is 0 Å². The molecule has 4 bridgehead atoms. The van der Waals surface area contributed by atoms with Crippen LogP contribution < -0.4 is 5.32 Å². The van der Waals surface area contributed by atoms with Crippen molar-refractivity contribution in [1.29, 1.82) is 0 Å². The summed E-state index contributed by atoms with van der Waals surface area (Å²) in [5, 5.41) is 3.44. The summed E-state index contributed by atoms with van der Waals surface area (Å²) in [6.07, 6.45) is 11.3. The first-order chi connectivity index (χ1) is 9.31. The minimum Gasteiger partial charge on any atom is -0.332 e. The van der Waals surface area contributed by atoms with Crippen LogP contribution in [-0.2, 0) is 18.5 Å². The largest absolute Gasteiger partial charge is 0.332 e. The highest BCUT2D eigenvalue weighted by Crippen LogP contribution is 2.60. The zero-order valence-electron chi connectivity index (χ0n) is 11.6. The molecule has 1 N–H and O–H groups in total. The lowest BCUT2D eigenvalue weighted by molar-refractivity contribution is -0.00709. The Morgan fingerprint density at radius 1 is 1.11 bits per heavy atom. The van der Waals surface area contributed by atoms with Crippen LogP contribution in [0.15, 0.2) is 6.20 Å². The summed E-state index contributed by atoms with van der Waals surface area (Å²) in [5.41, 5.74) is 1.92. The van der Waals surface area contributed by atoms with Gasteiger partial charge < -0.3 is 9.88 Å². The number of nitrogens with one attached hydrogen (secondary N) is 1. The Balaban J connectivity index is 1.56. The van der Waals surface area contributed by atoms with Gasteiger partial charge in [0.05, 0.1) is 12.2 Å². The van der Waals surface area contributed by atoms with E-state index in [1.165, 1.54) is 50.0 Å². The Morgan fingerprint density at radius 3 is 2.42 bits per heavy atom. The van der Waals surface area contributed by atoms with Gasteiger partial charge in [-0.05, 0) is 56.3 Å². The Morgan fingerprint density at radius 2 is 1.79 bits per heavy atom. The predicted octanol–water partition coefficient (Wildman–Crippen LogP) is 2.45. The van der Waals surface area contributed by atoms with Gasteiger partial charge in [-0.15, -0.1) is 0 Å². The van der Waals surface area contributed by atoms with E-state index in [2.05, 4.69) is 16.1 Å². The Bertz CT molecular complexity index is 457. The lowest BCUT2D eigenvalue weighted by Crippen LogP contribution is -2.48. The first-order valence-corrected chi connectivity index (χ1v) is 8.08. The summed E-state index contributed by atoms with van der Waals surface area (Å²) in [7, 11) is 0. The van der Waals surface area contributed by atoms with E-state index >= 15 is 0 Å². The van der Waals surface area contributed by atoms with Crippen molar-refractivity contribution in [1.82, 2.24) is 14.9 Å². The van der Waals surface area contributed by atoms with Crippen LogP contribution in [0.25, 0.3) is 0 Å². The molecule has 6 rings (SSSR count). The molecule has 3 nitrogen and oxygen atoms in total. The van der Waals surface area contributed by atoms with Crippen molar-refractivity contribution in [2.75, 3.05) is 6.54 Å². The molecule has 1 aromatic rings. The maximum Gasteiger partial charge on any atom is 0.123 e. The van der Waals surface area contributed by atoms with Crippen molar-refractivity contribution >= 4 is 0 Å². The fraction of sp³-hybridized carbons (Fsp3) is 0.812. The zero-order chi connectivity index (χ0) is 12.4. The van der Waals surface area contributed by atoms with Gasteiger partial charge in [-0.3, -0.25) is 0 Å². The van der Waals surface area contributed by atoms with Gasteiger partial charge in [0.25, 0.3) is 0 Å². The second-order valence-electron chi connectivity index (χ2n) is 7.61. The Kier molecular flexibility index (Phi) is 2.08. The van der Waals surface area contributed by atoms with E-state index < -0.39 is 0 Å². The van der Waals surface area contributed by atoms with E-state index in [0.29, 0.717) is 5.41 Å². The molecular formula is C16H23N3. The average molecular weight is 257 g/mol. The van der Waals surface area contributed by atoms with Crippen LogP contribution in [-0.4, -0.2) is 16.1 Å². The van der Waals surface area contributed by atoms with Gasteiger partial charge in [-0.2, -0.15) is 0 Å². The highest BCUT2D eigenvalue weighted by Gasteiger charge is 2.52. The molecular weight excluding hydrogens is 234 g/mol. The SMILES string of the molecule is c1c(C23CC4CC(CC(C4)C2)C3)nc2n1CCNC2. The number of rotatable bonds is 1. The fourth-order valence-corrected chi connectivity index (χ4v) is 5.87. The van der Waals surface area contributed by atoms with Crippen molar-refractivity contribution in [2.45, 2.75) is 57.0 Å². The van der Waals surface area contributed by atoms with Crippen molar-refractivity contribution in [2.24, 2.45) is 17.8 Å². The number of nitrogens with zero attached hydrogens (tertiary/aromatic N) is 2. The maximum absolute atomic E-state index is 5.04. The Labute approximate surface area is 114 Å². The normalized spacial score (nSPS) is 43.5. The van der Waals surface area contributed by atoms with Crippen molar-refractivity contribution in [3.05, 3.63) is 17.7 Å². The number of imidazole rings is 1. The molecule has 102 valence electrons. The molecule has 0 radical (unpaired) electrons. The quantitative estimate of drug-likeness (QED) is 0.837. The van der Waals surface area contributed by atoms with Crippen LogP contribution in [0.5, 0.6) is 0 Å². The molecule has 0 aromatic carbocycles. The second-order valence-corrected chi connectivity index (χ2v) is 7.61. The molecule has 19 heavy (non-hydrogen) atoms. The number of hydrogen-bond acceptors (Lipinski definition) is 2. The molecule has 1 aromatic heterocycles. The van der Waals surface area contributed by atoms with Gasteiger partial charge in [-0.25, -0.2) is 4.98 Å². The Hall–Kier alpha value is -0.830. The topological polar surface area (TPSA) is 29.9 Å². The third kappa shape index (κ3) is 1.51. The molecule has 3 heteroatoms. The van der Waals surface area contributed by atoms with Gasteiger partial charge in [0.15, 0.2) is 0 Å². The monoisotopic (exact) mass is 257 g/mol. The van der Waals surface area contributed by atoms with Gasteiger partial charge in [0, 0.05) is 24.7 Å². The van der Waals surface area contributed by atoms with Crippen molar-refractivity contribution in [3.63, 3.8) is 0 Å². The van der Waals surface area contributed by atoms with Gasteiger partial charge >= 0.3 is 0 Å². The average Bonchev–Trinajstić information content (AvgIpc) is 2.81. The molecule has 1 aliphatic heterocycles. The highest BCUT2D eigenvalue weighted by molar-refractivity contribution is 5.23. The summed E-state index contributed by atoms with van der Waals surface area (Å²) in [6.45, 7) is 3.17. The third-order valence-corrected chi connectivity index (χ3v) is 6.25. The van der Waals surface area contributed by atoms with Gasteiger partial charge in [0.1, 0.15) is 5.82 Å². The standard InChI is InChI=1S/C16H23N3/c1-2-19-10-14(18-15(19)9-17-1)16-6-11-3-12(7-16)5-13(4-11)8-16/h10-13,17H,1-9H2. The van der Waals surface area contributed by atoms with Crippen LogP contribution in [0.3, 0.4) is 0 Å². The summed E-state index contributed by atoms with van der Waals surface area (Å²) < 4.78 is 2.41. The van der Waals surface area contributed by atoms with E-state index in [4.69, 9.17) is 4.98 Å². The van der Waals surface area contributed by atoms with Crippen LogP contribution in [0.2, 0.25) is 0 Å². The molecule has 5 aliphatic rings. The van der Waals surface area contributed by atoms with Crippen LogP contribution in [0.1, 0.15) is 50.0 Å². The van der Waals surface area contributed by atoms with E-state index in [1.54, 1.807) is 0 Å². The molecule has 0 amide bonds. The molecule has 0 saturated heterocycles. The molecule has 0 unspecified atom stereocenters. The summed E-state index contributed by atoms with van der Waals surface area (Å²) in [4.78, 5) is 5.04. The number of aromatic nitrogens is 2. The van der Waals surface area contributed by atoms with Gasteiger partial charge in [-0.1, -0.05) is 0 Å². The number of fused-ring (bicyclic) bond motifs is 1. The number of hydrogen-bond donors (Lipinski definition) is 1. The fourth-order valence-electron chi connectivity index (χ4n) is 5.87. The summed E-state index contributed by atoms with van der Waals surface area (Å²) in [5.74, 6) is 4.33. The lowest BCUT2D eigenvalue weighted by atomic mass is 9.49. The van der Waals surface area contributed by atoms with E-state index in [1.807, 2.05) is 0 Å². The highest BCUT2D eigenvalue weighted by atomic mass is 15.1. The summed E-state index contributed by atoms with van der Waals surface area (Å²) >= 11 is 0. The minimum atomic E-state index is 0.471. The van der Waals surface area contributed by atoms with E-state index in [-0.39, 0.29) is 0 Å². The maximum atomic E-state index is 5.04. The third-order valence-electron chi connectivity index (χ3n) is 6.25. The first kappa shape index (κ1) is 10.9. The smallest absolute Gasteiger partial charge is 0.123 e. The minimum absolute atomic E-state index is 0.471. The second kappa shape index (κ2) is 3.63. The predicted molar refractivity (Wildman–Crippen MR) is 73.8 cm³/mol. The molecule has 2 heterocycles. The van der Waals surface area contributed by atoms with E-state index in [0.717, 1.165) is 37.4 Å². The van der Waals surface area contributed by atoms with Crippen LogP contribution in [0.4, 0.5) is 0 Å². The van der Waals surface area contributed by atoms with E-state index in [9.17, 15) is 0 Å². The molecule has 4 saturated carbocycles. The van der Waals surface area contributed by atoms with Crippen molar-refractivity contribution in [3.8, 4) is 0 Å². The zero-order valence-corrected chi connectivity index (χ0v) is 11.6. The van der Waals surface area contributed by atoms with Crippen LogP contribution >= 0.6 is 0 Å². The lowest BCUT2D eigenvalue weighted by Gasteiger charge is -2.56. The molecule has 0 spiro atoms. The summed E-state index contributed by atoms with van der Waals surface area (Å²) in [6, 6.07) is 0. The first-order valence-electron chi connectivity index (χ1n) is 8.08.